The number of carbonyl (C=O) groups excluding carboxylic acids is 1. The molecule has 1 aliphatic carbocycles. The highest BCUT2D eigenvalue weighted by Gasteiger charge is 2.56. The SMILES string of the molecule is CC(C)(CO)n1cc(Nc2cc(N3CC[C@@](C#N)(C4CC4)C3=O)ccn2)cn1. The highest BCUT2D eigenvalue weighted by molar-refractivity contribution is 6.02. The van der Waals surface area contributed by atoms with E-state index in [1.54, 1.807) is 34.2 Å². The number of nitrogens with zero attached hydrogens (tertiary/aromatic N) is 5. The first kappa shape index (κ1) is 18.4. The van der Waals surface area contributed by atoms with Gasteiger partial charge in [-0.3, -0.25) is 9.48 Å². The van der Waals surface area contributed by atoms with Crippen LogP contribution in [0.25, 0.3) is 0 Å². The largest absolute Gasteiger partial charge is 0.394 e. The number of amides is 1. The molecule has 0 radical (unpaired) electrons. The van der Waals surface area contributed by atoms with Crippen molar-refractivity contribution in [1.82, 2.24) is 14.8 Å². The van der Waals surface area contributed by atoms with E-state index in [0.29, 0.717) is 18.8 Å². The van der Waals surface area contributed by atoms with Crippen LogP contribution in [0.1, 0.15) is 33.1 Å². The summed E-state index contributed by atoms with van der Waals surface area (Å²) in [5.74, 6) is 0.704. The number of anilines is 3. The van der Waals surface area contributed by atoms with Crippen LogP contribution in [0.15, 0.2) is 30.7 Å². The van der Waals surface area contributed by atoms with Crippen molar-refractivity contribution < 1.29 is 9.90 Å². The van der Waals surface area contributed by atoms with Gasteiger partial charge in [-0.15, -0.1) is 0 Å². The standard InChI is InChI=1S/C20H24N6O2/c1-19(2,13-27)26-11-15(10-23-26)24-17-9-16(5-7-22-17)25-8-6-20(12-21,18(25)28)14-3-4-14/h5,7,9-11,14,27H,3-4,6,8,13H2,1-2H3,(H,22,24)/t20-/m1/s1. The van der Waals surface area contributed by atoms with Gasteiger partial charge in [-0.25, -0.2) is 4.98 Å². The number of aliphatic hydroxyl groups excluding tert-OH is 1. The molecule has 0 aromatic carbocycles. The lowest BCUT2D eigenvalue weighted by molar-refractivity contribution is -0.123. The van der Waals surface area contributed by atoms with Crippen molar-refractivity contribution in [2.24, 2.45) is 11.3 Å². The van der Waals surface area contributed by atoms with Crippen molar-refractivity contribution in [3.8, 4) is 6.07 Å². The second-order valence-electron chi connectivity index (χ2n) is 8.23. The second kappa shape index (κ2) is 6.60. The van der Waals surface area contributed by atoms with Gasteiger partial charge in [-0.2, -0.15) is 10.4 Å². The van der Waals surface area contributed by atoms with Gasteiger partial charge in [-0.1, -0.05) is 0 Å². The van der Waals surface area contributed by atoms with Gasteiger partial charge in [0.1, 0.15) is 11.2 Å². The summed E-state index contributed by atoms with van der Waals surface area (Å²) in [5, 5.41) is 26.6. The first-order valence-electron chi connectivity index (χ1n) is 9.52. The van der Waals surface area contributed by atoms with Gasteiger partial charge < -0.3 is 15.3 Å². The van der Waals surface area contributed by atoms with Gasteiger partial charge in [0.2, 0.25) is 5.91 Å². The Kier molecular flexibility index (Phi) is 4.35. The molecule has 1 saturated heterocycles. The Labute approximate surface area is 163 Å². The smallest absolute Gasteiger partial charge is 0.247 e. The van der Waals surface area contributed by atoms with Gasteiger partial charge >= 0.3 is 0 Å². The van der Waals surface area contributed by atoms with Crippen molar-refractivity contribution >= 4 is 23.1 Å². The van der Waals surface area contributed by atoms with E-state index < -0.39 is 11.0 Å². The van der Waals surface area contributed by atoms with Gasteiger partial charge in [0.15, 0.2) is 0 Å². The van der Waals surface area contributed by atoms with Crippen LogP contribution in [0, 0.1) is 22.7 Å². The van der Waals surface area contributed by atoms with Gasteiger partial charge in [-0.05, 0) is 45.1 Å². The normalized spacial score (nSPS) is 22.4. The third-order valence-electron chi connectivity index (χ3n) is 5.75. The third-order valence-corrected chi connectivity index (χ3v) is 5.75. The molecule has 28 heavy (non-hydrogen) atoms. The minimum atomic E-state index is -0.853. The molecule has 4 rings (SSSR count). The Bertz CT molecular complexity index is 942. The zero-order chi connectivity index (χ0) is 19.9. The lowest BCUT2D eigenvalue weighted by Gasteiger charge is -2.22. The van der Waals surface area contributed by atoms with Crippen molar-refractivity contribution in [2.75, 3.05) is 23.4 Å². The summed E-state index contributed by atoms with van der Waals surface area (Å²) in [7, 11) is 0. The zero-order valence-corrected chi connectivity index (χ0v) is 16.1. The number of aliphatic hydroxyl groups is 1. The summed E-state index contributed by atoms with van der Waals surface area (Å²) in [4.78, 5) is 19.0. The molecule has 8 heteroatoms. The molecule has 2 N–H and O–H groups in total. The molecular weight excluding hydrogens is 356 g/mol. The molecule has 1 atom stereocenters. The lowest BCUT2D eigenvalue weighted by atomic mass is 9.83. The van der Waals surface area contributed by atoms with E-state index in [-0.39, 0.29) is 18.4 Å². The summed E-state index contributed by atoms with van der Waals surface area (Å²) < 4.78 is 1.69. The first-order chi connectivity index (χ1) is 13.4. The summed E-state index contributed by atoms with van der Waals surface area (Å²) in [6, 6.07) is 5.92. The van der Waals surface area contributed by atoms with E-state index in [1.165, 1.54) is 0 Å². The Hall–Kier alpha value is -2.92. The molecule has 2 fully saturated rings. The fourth-order valence-electron chi connectivity index (χ4n) is 3.73. The van der Waals surface area contributed by atoms with E-state index >= 15 is 0 Å². The van der Waals surface area contributed by atoms with Crippen LogP contribution in [-0.4, -0.2) is 38.9 Å². The summed E-state index contributed by atoms with van der Waals surface area (Å²) in [5.41, 5.74) is 0.126. The fraction of sp³-hybridized carbons (Fsp3) is 0.500. The average Bonchev–Trinajstić information content (AvgIpc) is 3.34. The molecule has 1 aliphatic heterocycles. The molecule has 3 heterocycles. The maximum Gasteiger partial charge on any atom is 0.247 e. The van der Waals surface area contributed by atoms with E-state index in [4.69, 9.17) is 0 Å². The third kappa shape index (κ3) is 3.02. The molecule has 1 saturated carbocycles. The highest BCUT2D eigenvalue weighted by atomic mass is 16.3. The Morgan fingerprint density at radius 1 is 1.46 bits per heavy atom. The Morgan fingerprint density at radius 2 is 2.25 bits per heavy atom. The quantitative estimate of drug-likeness (QED) is 0.797. The number of nitriles is 1. The second-order valence-corrected chi connectivity index (χ2v) is 8.23. The fourth-order valence-corrected chi connectivity index (χ4v) is 3.73. The van der Waals surface area contributed by atoms with Gasteiger partial charge in [0, 0.05) is 30.7 Å². The van der Waals surface area contributed by atoms with Crippen LogP contribution >= 0.6 is 0 Å². The van der Waals surface area contributed by atoms with Crippen molar-refractivity contribution in [3.05, 3.63) is 30.7 Å². The number of pyridine rings is 1. The number of carbonyl (C=O) groups is 1. The van der Waals surface area contributed by atoms with E-state index in [9.17, 15) is 15.2 Å². The number of aromatic nitrogens is 3. The number of nitrogens with one attached hydrogen (secondary N) is 1. The van der Waals surface area contributed by atoms with E-state index in [2.05, 4.69) is 21.5 Å². The van der Waals surface area contributed by atoms with Crippen LogP contribution in [0.4, 0.5) is 17.2 Å². The minimum absolute atomic E-state index is 0.0272. The molecular formula is C20H24N6O2. The average molecular weight is 380 g/mol. The number of hydrogen-bond donors (Lipinski definition) is 2. The van der Waals surface area contributed by atoms with Crippen LogP contribution in [0.5, 0.6) is 0 Å². The molecule has 2 aromatic heterocycles. The maximum atomic E-state index is 13.0. The molecule has 2 aliphatic rings. The van der Waals surface area contributed by atoms with Crippen LogP contribution in [0.3, 0.4) is 0 Å². The van der Waals surface area contributed by atoms with Gasteiger partial charge in [0.05, 0.1) is 30.1 Å². The molecule has 8 nitrogen and oxygen atoms in total. The van der Waals surface area contributed by atoms with Crippen molar-refractivity contribution in [1.29, 1.82) is 5.26 Å². The molecule has 2 aromatic rings. The predicted molar refractivity (Wildman–Crippen MR) is 104 cm³/mol. The number of hydrogen-bond acceptors (Lipinski definition) is 6. The van der Waals surface area contributed by atoms with Crippen molar-refractivity contribution in [3.63, 3.8) is 0 Å². The van der Waals surface area contributed by atoms with Crippen molar-refractivity contribution in [2.45, 2.75) is 38.6 Å². The van der Waals surface area contributed by atoms with E-state index in [1.807, 2.05) is 19.9 Å². The molecule has 1 amide bonds. The molecule has 146 valence electrons. The van der Waals surface area contributed by atoms with Crippen LogP contribution in [0.2, 0.25) is 0 Å². The van der Waals surface area contributed by atoms with Crippen LogP contribution in [-0.2, 0) is 10.3 Å². The monoisotopic (exact) mass is 380 g/mol. The number of rotatable bonds is 6. The Morgan fingerprint density at radius 3 is 2.93 bits per heavy atom. The van der Waals surface area contributed by atoms with Gasteiger partial charge in [0.25, 0.3) is 0 Å². The lowest BCUT2D eigenvalue weighted by Crippen LogP contribution is -2.35. The summed E-state index contributed by atoms with van der Waals surface area (Å²) in [6.45, 7) is 4.31. The molecule has 0 bridgehead atoms. The summed E-state index contributed by atoms with van der Waals surface area (Å²) >= 11 is 0. The maximum absolute atomic E-state index is 13.0. The summed E-state index contributed by atoms with van der Waals surface area (Å²) in [6.07, 6.45) is 7.63. The predicted octanol–water partition coefficient (Wildman–Crippen LogP) is 2.41. The van der Waals surface area contributed by atoms with E-state index in [0.717, 1.165) is 24.2 Å². The zero-order valence-electron chi connectivity index (χ0n) is 16.1. The minimum Gasteiger partial charge on any atom is -0.394 e. The topological polar surface area (TPSA) is 107 Å². The molecule has 0 spiro atoms. The first-order valence-corrected chi connectivity index (χ1v) is 9.52. The Balaban J connectivity index is 1.53. The van der Waals surface area contributed by atoms with Crippen LogP contribution < -0.4 is 10.2 Å². The molecule has 0 unspecified atom stereocenters. The highest BCUT2D eigenvalue weighted by Crippen LogP contribution is 2.51.